The average Bonchev–Trinajstić information content (AvgIpc) is 2.63. The van der Waals surface area contributed by atoms with Crippen LogP contribution in [0, 0.1) is 0 Å². The van der Waals surface area contributed by atoms with E-state index in [0.717, 1.165) is 19.2 Å². The smallest absolute Gasteiger partial charge is 0.416 e. The SMILES string of the molecule is CC.CO.COC1CC(CC(C)O)N=C(c2cccc(C(F)(F)F)c2)O1. The number of alkyl halides is 3. The molecule has 1 heterocycles. The molecule has 1 aromatic rings. The van der Waals surface area contributed by atoms with Crippen molar-refractivity contribution in [2.24, 2.45) is 4.99 Å². The number of hydrogen-bond donors (Lipinski definition) is 2. The van der Waals surface area contributed by atoms with Gasteiger partial charge in [0.1, 0.15) is 0 Å². The highest BCUT2D eigenvalue weighted by molar-refractivity contribution is 5.94. The molecule has 26 heavy (non-hydrogen) atoms. The molecule has 0 saturated heterocycles. The van der Waals surface area contributed by atoms with Crippen LogP contribution in [0.4, 0.5) is 13.2 Å². The number of aliphatic imine (C=N–C) groups is 1. The fourth-order valence-electron chi connectivity index (χ4n) is 2.30. The van der Waals surface area contributed by atoms with Crippen molar-refractivity contribution < 1.29 is 32.9 Å². The first-order valence-electron chi connectivity index (χ1n) is 8.37. The van der Waals surface area contributed by atoms with Gasteiger partial charge in [0, 0.05) is 26.2 Å². The monoisotopic (exact) mass is 379 g/mol. The summed E-state index contributed by atoms with van der Waals surface area (Å²) >= 11 is 0. The maximum atomic E-state index is 12.8. The summed E-state index contributed by atoms with van der Waals surface area (Å²) in [6, 6.07) is 4.54. The number of ether oxygens (including phenoxy) is 2. The first-order valence-corrected chi connectivity index (χ1v) is 8.37. The third-order valence-electron chi connectivity index (χ3n) is 3.32. The molecule has 2 N–H and O–H groups in total. The summed E-state index contributed by atoms with van der Waals surface area (Å²) in [5.74, 6) is 0.106. The summed E-state index contributed by atoms with van der Waals surface area (Å²) in [6.45, 7) is 5.64. The van der Waals surface area contributed by atoms with Crippen molar-refractivity contribution in [3.63, 3.8) is 0 Å². The summed E-state index contributed by atoms with van der Waals surface area (Å²) in [7, 11) is 2.46. The second-order valence-electron chi connectivity index (χ2n) is 5.27. The van der Waals surface area contributed by atoms with Gasteiger partial charge in [-0.15, -0.1) is 0 Å². The number of aliphatic hydroxyl groups is 2. The molecule has 1 aliphatic rings. The van der Waals surface area contributed by atoms with Gasteiger partial charge in [-0.3, -0.25) is 0 Å². The number of benzene rings is 1. The highest BCUT2D eigenvalue weighted by Gasteiger charge is 2.32. The van der Waals surface area contributed by atoms with Crippen LogP contribution in [0.1, 0.15) is 44.7 Å². The summed E-state index contributed by atoms with van der Waals surface area (Å²) in [6.07, 6.45) is -4.74. The maximum Gasteiger partial charge on any atom is 0.416 e. The van der Waals surface area contributed by atoms with Gasteiger partial charge in [0.15, 0.2) is 0 Å². The van der Waals surface area contributed by atoms with E-state index in [1.807, 2.05) is 13.8 Å². The molecule has 0 saturated carbocycles. The zero-order chi connectivity index (χ0) is 20.3. The van der Waals surface area contributed by atoms with E-state index in [2.05, 4.69) is 4.99 Å². The van der Waals surface area contributed by atoms with Crippen molar-refractivity contribution in [2.45, 2.75) is 58.2 Å². The van der Waals surface area contributed by atoms with Crippen molar-refractivity contribution in [3.05, 3.63) is 35.4 Å². The van der Waals surface area contributed by atoms with Gasteiger partial charge in [0.05, 0.1) is 17.7 Å². The van der Waals surface area contributed by atoms with Crippen LogP contribution in [0.2, 0.25) is 0 Å². The zero-order valence-corrected chi connectivity index (χ0v) is 15.7. The van der Waals surface area contributed by atoms with E-state index in [1.165, 1.54) is 19.2 Å². The second-order valence-corrected chi connectivity index (χ2v) is 5.27. The molecule has 1 aliphatic heterocycles. The molecule has 150 valence electrons. The van der Waals surface area contributed by atoms with Crippen molar-refractivity contribution in [3.8, 4) is 0 Å². The molecule has 2 rings (SSSR count). The molecule has 0 spiro atoms. The first-order chi connectivity index (χ1) is 12.3. The number of methoxy groups -OCH3 is 1. The zero-order valence-electron chi connectivity index (χ0n) is 15.7. The van der Waals surface area contributed by atoms with Crippen molar-refractivity contribution in [1.29, 1.82) is 0 Å². The summed E-state index contributed by atoms with van der Waals surface area (Å²) in [5, 5.41) is 16.5. The Morgan fingerprint density at radius 1 is 1.31 bits per heavy atom. The van der Waals surface area contributed by atoms with Crippen LogP contribution in [-0.2, 0) is 15.7 Å². The molecule has 0 bridgehead atoms. The lowest BCUT2D eigenvalue weighted by Gasteiger charge is -2.28. The second kappa shape index (κ2) is 11.9. The van der Waals surface area contributed by atoms with Crippen LogP contribution in [0.5, 0.6) is 0 Å². The molecule has 5 nitrogen and oxygen atoms in total. The van der Waals surface area contributed by atoms with Crippen LogP contribution < -0.4 is 0 Å². The van der Waals surface area contributed by atoms with Gasteiger partial charge in [0.2, 0.25) is 12.2 Å². The lowest BCUT2D eigenvalue weighted by atomic mass is 10.0. The predicted molar refractivity (Wildman–Crippen MR) is 94.1 cm³/mol. The lowest BCUT2D eigenvalue weighted by Crippen LogP contribution is -2.33. The van der Waals surface area contributed by atoms with Gasteiger partial charge in [-0.25, -0.2) is 4.99 Å². The van der Waals surface area contributed by atoms with E-state index in [-0.39, 0.29) is 17.5 Å². The Kier molecular flexibility index (Phi) is 11.1. The Hall–Kier alpha value is -1.64. The summed E-state index contributed by atoms with van der Waals surface area (Å²) < 4.78 is 49.0. The van der Waals surface area contributed by atoms with E-state index in [1.54, 1.807) is 6.92 Å². The number of rotatable bonds is 4. The minimum atomic E-state index is -4.43. The molecular formula is C18H28F3NO4. The Morgan fingerprint density at radius 3 is 2.42 bits per heavy atom. The highest BCUT2D eigenvalue weighted by Crippen LogP contribution is 2.30. The predicted octanol–water partition coefficient (Wildman–Crippen LogP) is 3.62. The summed E-state index contributed by atoms with van der Waals surface area (Å²) in [4.78, 5) is 4.30. The average molecular weight is 379 g/mol. The van der Waals surface area contributed by atoms with Crippen LogP contribution in [0.25, 0.3) is 0 Å². The van der Waals surface area contributed by atoms with Gasteiger partial charge in [-0.05, 0) is 31.5 Å². The minimum Gasteiger partial charge on any atom is -0.448 e. The number of aliphatic hydroxyl groups excluding tert-OH is 2. The fourth-order valence-corrected chi connectivity index (χ4v) is 2.30. The van der Waals surface area contributed by atoms with Crippen molar-refractivity contribution in [2.75, 3.05) is 14.2 Å². The normalized spacial score (nSPS) is 20.5. The van der Waals surface area contributed by atoms with E-state index >= 15 is 0 Å². The first kappa shape index (κ1) is 24.4. The van der Waals surface area contributed by atoms with Gasteiger partial charge in [-0.1, -0.05) is 19.9 Å². The third-order valence-corrected chi connectivity index (χ3v) is 3.32. The molecule has 8 heteroatoms. The topological polar surface area (TPSA) is 71.3 Å². The maximum absolute atomic E-state index is 12.8. The molecule has 0 radical (unpaired) electrons. The number of nitrogens with zero attached hydrogens (tertiary/aromatic N) is 1. The molecule has 0 amide bonds. The van der Waals surface area contributed by atoms with E-state index in [0.29, 0.717) is 12.8 Å². The minimum absolute atomic E-state index is 0.106. The van der Waals surface area contributed by atoms with E-state index in [9.17, 15) is 18.3 Å². The van der Waals surface area contributed by atoms with Crippen molar-refractivity contribution >= 4 is 5.90 Å². The van der Waals surface area contributed by atoms with Crippen molar-refractivity contribution in [1.82, 2.24) is 0 Å². The van der Waals surface area contributed by atoms with Crippen LogP contribution in [0.3, 0.4) is 0 Å². The Bertz CT molecular complexity index is 547. The Labute approximate surface area is 152 Å². The molecule has 1 aromatic carbocycles. The van der Waals surface area contributed by atoms with Crippen LogP contribution in [-0.4, -0.2) is 48.8 Å². The molecular weight excluding hydrogens is 351 g/mol. The molecule has 0 aromatic heterocycles. The molecule has 0 aliphatic carbocycles. The Morgan fingerprint density at radius 2 is 1.92 bits per heavy atom. The quantitative estimate of drug-likeness (QED) is 0.838. The van der Waals surface area contributed by atoms with E-state index < -0.39 is 24.1 Å². The number of hydrogen-bond acceptors (Lipinski definition) is 5. The lowest BCUT2D eigenvalue weighted by molar-refractivity contribution is -0.137. The Balaban J connectivity index is 0.00000146. The molecule has 3 atom stereocenters. The van der Waals surface area contributed by atoms with E-state index in [4.69, 9.17) is 14.6 Å². The summed E-state index contributed by atoms with van der Waals surface area (Å²) in [5.41, 5.74) is -0.518. The highest BCUT2D eigenvalue weighted by atomic mass is 19.4. The largest absolute Gasteiger partial charge is 0.448 e. The van der Waals surface area contributed by atoms with Gasteiger partial charge >= 0.3 is 6.18 Å². The molecule has 3 unspecified atom stereocenters. The van der Waals surface area contributed by atoms with Crippen LogP contribution in [0.15, 0.2) is 29.3 Å². The third kappa shape index (κ3) is 7.72. The number of halogens is 3. The van der Waals surface area contributed by atoms with Gasteiger partial charge in [0.25, 0.3) is 0 Å². The standard InChI is InChI=1S/C15H18F3NO3.C2H6.CH4O/c1-9(20)6-12-8-13(21-2)22-14(19-12)10-4-3-5-11(7-10)15(16,17)18;2*1-2/h3-5,7,9,12-13,20H,6,8H2,1-2H3;1-2H3;2H,1H3. The molecule has 0 fully saturated rings. The fraction of sp³-hybridized carbons (Fsp3) is 0.611. The van der Waals surface area contributed by atoms with Gasteiger partial charge in [-0.2, -0.15) is 13.2 Å². The van der Waals surface area contributed by atoms with Gasteiger partial charge < -0.3 is 19.7 Å². The van der Waals surface area contributed by atoms with Crippen LogP contribution >= 0.6 is 0 Å².